The molecule has 58 nitrogen and oxygen atoms in total. The molecule has 20 atom stereocenters. The van der Waals surface area contributed by atoms with Crippen molar-refractivity contribution in [2.24, 2.45) is 0 Å². The summed E-state index contributed by atoms with van der Waals surface area (Å²) >= 11 is 10.5. The van der Waals surface area contributed by atoms with E-state index in [9.17, 15) is 145 Å². The number of carbonyl (C=O) groups is 4. The summed E-state index contributed by atoms with van der Waals surface area (Å²) in [5.74, 6) is -3.05. The van der Waals surface area contributed by atoms with E-state index in [1.807, 2.05) is 19.9 Å². The van der Waals surface area contributed by atoms with E-state index in [4.69, 9.17) is 61.2 Å². The highest BCUT2D eigenvalue weighted by molar-refractivity contribution is 8.05. The predicted octanol–water partition coefficient (Wildman–Crippen LogP) is -8.19. The van der Waals surface area contributed by atoms with Crippen LogP contribution in [0, 0.1) is 0 Å². The van der Waals surface area contributed by atoms with E-state index >= 15 is 0 Å². The van der Waals surface area contributed by atoms with Crippen LogP contribution in [0.4, 0.5) is 0 Å². The maximum Gasteiger partial charge on any atom is 0.492 e. The van der Waals surface area contributed by atoms with Gasteiger partial charge in [-0.3, -0.25) is 90.2 Å². The zero-order chi connectivity index (χ0) is 86.9. The Bertz CT molecular complexity index is 5060. The van der Waals surface area contributed by atoms with Crippen molar-refractivity contribution in [1.82, 2.24) is 38.2 Å². The standard InChI is InChI=1S/C12H15Cl2N2O9P.C12H19N2O17P3.C12H17N2O16P3.C12H16N2O8/c1-23-7(17)2-5-3-16(12(21)15-10(5)20)11-9(19)8(18)6(25-11)4-24-26(13,14)22;1-27-7(15)2-5-3-14(12(19)13-10(5)18)11-9(17)8(16)6(29-11)4-28-33(23,24)31-34(25,26)30-32(20,21)22;1-25-7(15)2-5-3-14(12(19)13-10(5)18)11-9(17)8(16)6(27-11)4-26-33(24)29-31(20,21)28-32(22,23)30-33;1-21-7(16)2-5-3-14(12(20)13-10(5)19)11-9(18)8(17)6(4-15)22-11/h3,6,8-9,11,18-19H,2,4H2,1H3,(H,15,20,21);3,6,8-9,11,16-17H,2,4H2,1H3,(H,23,24)(H,25,26)(H,13,18,19)(H2,20,21,22);3,6,8-9,11,16-17H,2,4H2,1H3,(H,20,21)(H,22,23)(H,13,18,19);3,6,8-9,11,15,17-18H,2,4H2,1H3,(H,13,19,20)/t4*6-,8?,9+,11-/m1111/s1. The minimum atomic E-state index is -5.79. The second-order valence-corrected chi connectivity index (χ2v) is 36.9. The second-order valence-electron chi connectivity index (χ2n) is 23.2. The lowest BCUT2D eigenvalue weighted by Crippen LogP contribution is -2.39. The Morgan fingerprint density at radius 2 is 0.696 bits per heavy atom. The lowest BCUT2D eigenvalue weighted by atomic mass is 10.1. The molecule has 5 aliphatic rings. The molecule has 5 saturated heterocycles. The van der Waals surface area contributed by atoms with Gasteiger partial charge in [-0.25, -0.2) is 46.6 Å². The zero-order valence-electron chi connectivity index (χ0n) is 57.9. The molecular formula is C48H67Cl2N8O50P7. The second kappa shape index (κ2) is 39.7. The number of hydrogen-bond donors (Lipinski definition) is 19. The van der Waals surface area contributed by atoms with E-state index in [0.717, 1.165) is 62.4 Å². The summed E-state index contributed by atoms with van der Waals surface area (Å²) in [6.07, 6.45) is -27.0. The number of H-pyrrole nitrogens is 4. The first-order chi connectivity index (χ1) is 53.0. The van der Waals surface area contributed by atoms with Crippen molar-refractivity contribution in [3.63, 3.8) is 0 Å². The van der Waals surface area contributed by atoms with Crippen LogP contribution in [0.5, 0.6) is 0 Å². The summed E-state index contributed by atoms with van der Waals surface area (Å²) in [5, 5.41) is 89.5. The van der Waals surface area contributed by atoms with Gasteiger partial charge in [-0.05, 0) is 22.5 Å². The van der Waals surface area contributed by atoms with E-state index in [0.29, 0.717) is 9.13 Å². The van der Waals surface area contributed by atoms with Crippen molar-refractivity contribution >= 4 is 99.4 Å². The van der Waals surface area contributed by atoms with Crippen LogP contribution in [0.15, 0.2) is 63.1 Å². The van der Waals surface area contributed by atoms with Crippen LogP contribution < -0.4 is 45.0 Å². The Morgan fingerprint density at radius 3 is 0.957 bits per heavy atom. The molecule has 9 rings (SSSR count). The molecular weight excluding hydrogens is 1780 g/mol. The number of nitrogens with one attached hydrogen (secondary N) is 4. The lowest BCUT2D eigenvalue weighted by Gasteiger charge is -2.27. The van der Waals surface area contributed by atoms with Crippen LogP contribution in [-0.2, 0) is 150 Å². The Hall–Kier alpha value is -6.29. The third-order valence-electron chi connectivity index (χ3n) is 15.3. The van der Waals surface area contributed by atoms with Crippen LogP contribution in [0.1, 0.15) is 47.2 Å². The molecule has 0 radical (unpaired) electrons. The topological polar surface area (TPSA) is 858 Å². The van der Waals surface area contributed by atoms with Crippen molar-refractivity contribution in [3.8, 4) is 0 Å². The van der Waals surface area contributed by atoms with Gasteiger partial charge in [0.1, 0.15) is 73.2 Å². The van der Waals surface area contributed by atoms with Gasteiger partial charge in [0.2, 0.25) is 0 Å². The minimum Gasteiger partial charge on any atom is -0.469 e. The van der Waals surface area contributed by atoms with Crippen molar-refractivity contribution in [1.29, 1.82) is 0 Å². The number of esters is 4. The summed E-state index contributed by atoms with van der Waals surface area (Å²) in [7, 11) is -28.3. The number of aliphatic hydroxyl groups is 9. The average molecular weight is 1840 g/mol. The minimum absolute atomic E-state index is 0.0656. The van der Waals surface area contributed by atoms with Gasteiger partial charge in [0.15, 0.2) is 24.9 Å². The fourth-order valence-electron chi connectivity index (χ4n) is 9.95. The lowest BCUT2D eigenvalue weighted by molar-refractivity contribution is -0.140. The third-order valence-corrected chi connectivity index (χ3v) is 25.5. The van der Waals surface area contributed by atoms with Gasteiger partial charge in [-0.2, -0.15) is 21.6 Å². The van der Waals surface area contributed by atoms with Crippen molar-refractivity contribution < 1.29 is 199 Å². The highest BCUT2D eigenvalue weighted by Crippen LogP contribution is 2.80. The first-order valence-corrected chi connectivity index (χ1v) is 43.2. The molecule has 0 amide bonds. The van der Waals surface area contributed by atoms with Gasteiger partial charge in [0.25, 0.3) is 22.2 Å². The monoisotopic (exact) mass is 1840 g/mol. The highest BCUT2D eigenvalue weighted by atomic mass is 35.9. The van der Waals surface area contributed by atoms with Gasteiger partial charge < -0.3 is 118 Å². The van der Waals surface area contributed by atoms with Gasteiger partial charge in [-0.15, -0.1) is 0 Å². The number of aromatic nitrogens is 8. The fraction of sp³-hybridized carbons (Fsp3) is 0.583. The number of halogens is 2. The third kappa shape index (κ3) is 26.9. The van der Waals surface area contributed by atoms with Crippen LogP contribution in [-0.4, -0.2) is 266 Å². The number of rotatable bonds is 26. The molecule has 115 heavy (non-hydrogen) atoms. The van der Waals surface area contributed by atoms with Crippen molar-refractivity contribution in [2.75, 3.05) is 54.9 Å². The fourth-order valence-corrected chi connectivity index (χ4v) is 18.6. The molecule has 648 valence electrons. The summed E-state index contributed by atoms with van der Waals surface area (Å²) in [6, 6.07) is 0. The highest BCUT2D eigenvalue weighted by Gasteiger charge is 2.56. The molecule has 5 aliphatic heterocycles. The normalized spacial score (nSPS) is 30.2. The summed E-state index contributed by atoms with van der Waals surface area (Å²) in [6.45, 7) is -3.20. The van der Waals surface area contributed by atoms with Gasteiger partial charge >= 0.3 is 99.6 Å². The Labute approximate surface area is 643 Å². The van der Waals surface area contributed by atoms with E-state index in [-0.39, 0.29) is 28.7 Å². The first-order valence-electron chi connectivity index (χ1n) is 30.8. The number of aliphatic hydroxyl groups excluding tert-OH is 9. The number of nitrogens with zero attached hydrogens (tertiary/aromatic N) is 4. The number of aromatic amines is 4. The number of phosphoric acid groups is 6. The predicted molar refractivity (Wildman–Crippen MR) is 360 cm³/mol. The zero-order valence-corrected chi connectivity index (χ0v) is 65.6. The van der Waals surface area contributed by atoms with Crippen molar-refractivity contribution in [3.05, 3.63) is 130 Å². The number of methoxy groups -OCH3 is 4. The summed E-state index contributed by atoms with van der Waals surface area (Å²) in [4.78, 5) is 202. The van der Waals surface area contributed by atoms with Crippen molar-refractivity contribution in [2.45, 2.75) is 124 Å². The van der Waals surface area contributed by atoms with Gasteiger partial charge in [-0.1, -0.05) is 0 Å². The SMILES string of the molecule is COC(=O)Cc1cn([C@@H]2O[C@H](CO)C(O)[C@@H]2O)c(=O)[nH]c1=O.COC(=O)Cc1cn([C@@H]2O[C@H](COP(=O)(Cl)Cl)C(O)[C@@H]2O)c(=O)[nH]c1=O.COC(=O)Cc1cn([C@@H]2O[C@H](COP(=O)(O)OP(=O)(O)OP(=O)(O)O)C(O)[C@@H]2O)c(=O)[nH]c1=O.COC(=O)Cc1cn([C@@H]2O[C@H](COP3(=O)OP(=O)(O)OP(=O)(O)O3)C(O)[C@@H]2O)c(=O)[nH]c1=O. The maximum absolute atomic E-state index is 12.3. The largest absolute Gasteiger partial charge is 0.492 e. The van der Waals surface area contributed by atoms with Crippen LogP contribution >= 0.6 is 75.5 Å². The molecule has 0 bridgehead atoms. The van der Waals surface area contributed by atoms with Gasteiger partial charge in [0.05, 0.1) is 80.6 Å². The van der Waals surface area contributed by atoms with Crippen LogP contribution in [0.2, 0.25) is 0 Å². The van der Waals surface area contributed by atoms with Crippen LogP contribution in [0.25, 0.3) is 0 Å². The molecule has 0 saturated carbocycles. The number of ether oxygens (including phenoxy) is 8. The molecule has 8 unspecified atom stereocenters. The smallest absolute Gasteiger partial charge is 0.469 e. The quantitative estimate of drug-likeness (QED) is 0.0158. The van der Waals surface area contributed by atoms with E-state index in [1.165, 1.54) is 0 Å². The van der Waals surface area contributed by atoms with E-state index < -0.39 is 266 Å². The molecule has 4 aromatic rings. The Morgan fingerprint density at radius 1 is 0.426 bits per heavy atom. The van der Waals surface area contributed by atoms with E-state index in [1.54, 1.807) is 0 Å². The number of hydrogen-bond acceptors (Lipinski definition) is 44. The summed E-state index contributed by atoms with van der Waals surface area (Å²) < 4.78 is 154. The first kappa shape index (κ1) is 97.5. The molecule has 9 heterocycles. The average Bonchev–Trinajstić information content (AvgIpc) is 1.71. The Kier molecular flexibility index (Phi) is 33.7. The Balaban J connectivity index is 0.000000242. The van der Waals surface area contributed by atoms with Gasteiger partial charge in [0, 0.05) is 47.0 Å². The molecule has 0 spiro atoms. The number of phosphoric ester groups is 1. The number of carbonyl (C=O) groups excluding carboxylic acids is 4. The van der Waals surface area contributed by atoms with Crippen LogP contribution in [0.3, 0.4) is 0 Å². The molecule has 0 aromatic carbocycles. The maximum atomic E-state index is 12.3. The molecule has 19 N–H and O–H groups in total. The molecule has 5 fully saturated rings. The van der Waals surface area contributed by atoms with E-state index in [2.05, 4.69) is 54.1 Å². The molecule has 67 heteroatoms. The molecule has 4 aromatic heterocycles. The molecule has 0 aliphatic carbocycles. The summed E-state index contributed by atoms with van der Waals surface area (Å²) in [5.41, 5.74) is -8.15.